The van der Waals surface area contributed by atoms with E-state index in [-0.39, 0.29) is 16.3 Å². The Morgan fingerprint density at radius 3 is 2.14 bits per heavy atom. The molecule has 0 aliphatic rings. The maximum absolute atomic E-state index is 13.2. The maximum Gasteiger partial charge on any atom is 0.265 e. The minimum atomic E-state index is -4.11. The van der Waals surface area contributed by atoms with E-state index in [9.17, 15) is 17.2 Å². The lowest BCUT2D eigenvalue weighted by Gasteiger charge is -2.13. The van der Waals surface area contributed by atoms with E-state index >= 15 is 0 Å². The molecule has 2 rings (SSSR count). The Morgan fingerprint density at radius 1 is 0.955 bits per heavy atom. The van der Waals surface area contributed by atoms with Crippen LogP contribution in [0, 0.1) is 11.6 Å². The number of nitrogens with one attached hydrogen (secondary N) is 1. The van der Waals surface area contributed by atoms with Gasteiger partial charge >= 0.3 is 0 Å². The summed E-state index contributed by atoms with van der Waals surface area (Å²) in [5, 5.41) is 0. The number of halogens is 2. The van der Waals surface area contributed by atoms with E-state index in [1.54, 1.807) is 0 Å². The molecular formula is C14H13F2NO4S. The smallest absolute Gasteiger partial charge is 0.265 e. The Hall–Kier alpha value is -2.35. The summed E-state index contributed by atoms with van der Waals surface area (Å²) >= 11 is 0. The first-order valence-corrected chi connectivity index (χ1v) is 7.55. The lowest BCUT2D eigenvalue weighted by molar-refractivity contribution is 0.392. The fraction of sp³-hybridized carbons (Fsp3) is 0.143. The number of methoxy groups -OCH3 is 2. The number of hydrogen-bond acceptors (Lipinski definition) is 4. The minimum absolute atomic E-state index is 0.0742. The Bertz CT molecular complexity index is 773. The van der Waals surface area contributed by atoms with Crippen LogP contribution < -0.4 is 14.2 Å². The molecule has 8 heteroatoms. The van der Waals surface area contributed by atoms with E-state index < -0.39 is 21.7 Å². The second kappa shape index (κ2) is 6.18. The van der Waals surface area contributed by atoms with Gasteiger partial charge in [-0.2, -0.15) is 0 Å². The van der Waals surface area contributed by atoms with E-state index in [0.717, 1.165) is 12.1 Å². The molecule has 5 nitrogen and oxygen atoms in total. The van der Waals surface area contributed by atoms with Crippen LogP contribution in [-0.4, -0.2) is 22.6 Å². The summed E-state index contributed by atoms with van der Waals surface area (Å²) in [7, 11) is -1.42. The predicted octanol–water partition coefficient (Wildman–Crippen LogP) is 2.78. The minimum Gasteiger partial charge on any atom is -0.497 e. The van der Waals surface area contributed by atoms with Gasteiger partial charge in [0.1, 0.15) is 28.0 Å². The Kier molecular flexibility index (Phi) is 4.51. The molecule has 0 saturated heterocycles. The van der Waals surface area contributed by atoms with Gasteiger partial charge in [0.05, 0.1) is 19.9 Å². The van der Waals surface area contributed by atoms with Gasteiger partial charge in [0.15, 0.2) is 0 Å². The maximum atomic E-state index is 13.2. The molecule has 0 unspecified atom stereocenters. The molecule has 1 N–H and O–H groups in total. The van der Waals surface area contributed by atoms with Gasteiger partial charge in [-0.05, 0) is 24.3 Å². The van der Waals surface area contributed by atoms with Crippen LogP contribution in [-0.2, 0) is 10.0 Å². The highest BCUT2D eigenvalue weighted by atomic mass is 32.2. The van der Waals surface area contributed by atoms with Crippen molar-refractivity contribution in [1.29, 1.82) is 0 Å². The van der Waals surface area contributed by atoms with Crippen LogP contribution >= 0.6 is 0 Å². The molecule has 0 atom stereocenters. The topological polar surface area (TPSA) is 64.6 Å². The van der Waals surface area contributed by atoms with Crippen LogP contribution in [0.25, 0.3) is 0 Å². The number of anilines is 1. The molecule has 0 aromatic heterocycles. The lowest BCUT2D eigenvalue weighted by atomic mass is 10.3. The molecule has 0 aliphatic carbocycles. The molecule has 22 heavy (non-hydrogen) atoms. The van der Waals surface area contributed by atoms with E-state index in [1.807, 2.05) is 0 Å². The van der Waals surface area contributed by atoms with Crippen LogP contribution in [0.5, 0.6) is 11.5 Å². The SMILES string of the molecule is COc1ccc(OC)c(S(=O)(=O)Nc2cc(F)cc(F)c2)c1. The number of benzene rings is 2. The zero-order valence-corrected chi connectivity index (χ0v) is 12.6. The Morgan fingerprint density at radius 2 is 1.59 bits per heavy atom. The van der Waals surface area contributed by atoms with Gasteiger partial charge in [0, 0.05) is 12.1 Å². The van der Waals surface area contributed by atoms with Crippen molar-refractivity contribution in [3.8, 4) is 11.5 Å². The molecule has 2 aromatic carbocycles. The van der Waals surface area contributed by atoms with Gasteiger partial charge in [-0.3, -0.25) is 4.72 Å². The fourth-order valence-electron chi connectivity index (χ4n) is 1.82. The summed E-state index contributed by atoms with van der Waals surface area (Å²) in [6.07, 6.45) is 0. The first-order valence-electron chi connectivity index (χ1n) is 6.06. The van der Waals surface area contributed by atoms with Crippen LogP contribution in [0.3, 0.4) is 0 Å². The molecule has 2 aromatic rings. The summed E-state index contributed by atoms with van der Waals surface area (Å²) in [6.45, 7) is 0. The van der Waals surface area contributed by atoms with Crippen molar-refractivity contribution in [2.24, 2.45) is 0 Å². The molecule has 0 heterocycles. The highest BCUT2D eigenvalue weighted by Crippen LogP contribution is 2.29. The average molecular weight is 329 g/mol. The molecule has 0 radical (unpaired) electrons. The van der Waals surface area contributed by atoms with Gasteiger partial charge in [0.2, 0.25) is 0 Å². The first-order chi connectivity index (χ1) is 10.4. The van der Waals surface area contributed by atoms with E-state index in [2.05, 4.69) is 4.72 Å². The third-order valence-electron chi connectivity index (χ3n) is 2.78. The Labute approximate surface area is 126 Å². The van der Waals surface area contributed by atoms with Gasteiger partial charge in [-0.15, -0.1) is 0 Å². The summed E-state index contributed by atoms with van der Waals surface area (Å²) in [5.74, 6) is -1.41. The summed E-state index contributed by atoms with van der Waals surface area (Å²) in [4.78, 5) is -0.209. The van der Waals surface area contributed by atoms with Gasteiger partial charge in [-0.25, -0.2) is 17.2 Å². The van der Waals surface area contributed by atoms with E-state index in [4.69, 9.17) is 9.47 Å². The predicted molar refractivity (Wildman–Crippen MR) is 76.7 cm³/mol. The van der Waals surface area contributed by atoms with Crippen molar-refractivity contribution in [2.45, 2.75) is 4.90 Å². The summed E-state index contributed by atoms with van der Waals surface area (Å²) in [6, 6.07) is 6.57. The highest BCUT2D eigenvalue weighted by molar-refractivity contribution is 7.92. The quantitative estimate of drug-likeness (QED) is 0.916. The molecule has 0 aliphatic heterocycles. The summed E-state index contributed by atoms with van der Waals surface area (Å²) in [5.41, 5.74) is -0.234. The van der Waals surface area contributed by atoms with Gasteiger partial charge < -0.3 is 9.47 Å². The molecule has 0 spiro atoms. The third-order valence-corrected chi connectivity index (χ3v) is 4.18. The Balaban J connectivity index is 2.46. The van der Waals surface area contributed by atoms with Gasteiger partial charge in [-0.1, -0.05) is 0 Å². The number of hydrogen-bond donors (Lipinski definition) is 1. The van der Waals surface area contributed by atoms with Crippen LogP contribution in [0.1, 0.15) is 0 Å². The third kappa shape index (κ3) is 3.45. The van der Waals surface area contributed by atoms with Crippen molar-refractivity contribution in [3.63, 3.8) is 0 Å². The number of sulfonamides is 1. The van der Waals surface area contributed by atoms with Crippen molar-refractivity contribution in [3.05, 3.63) is 48.0 Å². The molecule has 0 amide bonds. The molecule has 0 bridgehead atoms. The van der Waals surface area contributed by atoms with Crippen LogP contribution in [0.15, 0.2) is 41.3 Å². The summed E-state index contributed by atoms with van der Waals surface area (Å²) < 4.78 is 63.1. The zero-order valence-electron chi connectivity index (χ0n) is 11.8. The zero-order chi connectivity index (χ0) is 16.3. The van der Waals surface area contributed by atoms with Crippen molar-refractivity contribution in [2.75, 3.05) is 18.9 Å². The normalized spacial score (nSPS) is 11.1. The molecule has 0 saturated carbocycles. The first kappa shape index (κ1) is 16.0. The standard InChI is InChI=1S/C14H13F2NO4S/c1-20-12-3-4-13(21-2)14(8-12)22(18,19)17-11-6-9(15)5-10(16)7-11/h3-8,17H,1-2H3. The molecule has 0 fully saturated rings. The van der Waals surface area contributed by atoms with Crippen LogP contribution in [0.2, 0.25) is 0 Å². The number of rotatable bonds is 5. The van der Waals surface area contributed by atoms with E-state index in [0.29, 0.717) is 11.8 Å². The second-order valence-corrected chi connectivity index (χ2v) is 5.93. The monoisotopic (exact) mass is 329 g/mol. The van der Waals surface area contributed by atoms with Crippen LogP contribution in [0.4, 0.5) is 14.5 Å². The average Bonchev–Trinajstić information content (AvgIpc) is 2.44. The van der Waals surface area contributed by atoms with Crippen molar-refractivity contribution in [1.82, 2.24) is 0 Å². The fourth-order valence-corrected chi connectivity index (χ4v) is 3.04. The largest absolute Gasteiger partial charge is 0.497 e. The van der Waals surface area contributed by atoms with E-state index in [1.165, 1.54) is 32.4 Å². The van der Waals surface area contributed by atoms with Crippen molar-refractivity contribution >= 4 is 15.7 Å². The van der Waals surface area contributed by atoms with Gasteiger partial charge in [0.25, 0.3) is 10.0 Å². The van der Waals surface area contributed by atoms with Crippen molar-refractivity contribution < 1.29 is 26.7 Å². The molecular weight excluding hydrogens is 316 g/mol. The molecule has 118 valence electrons. The second-order valence-electron chi connectivity index (χ2n) is 4.28. The lowest BCUT2D eigenvalue weighted by Crippen LogP contribution is -2.14. The highest BCUT2D eigenvalue weighted by Gasteiger charge is 2.21. The number of ether oxygens (including phenoxy) is 2.